The molecular weight excluding hydrogens is 230 g/mol. The molecule has 16 heavy (non-hydrogen) atoms. The van der Waals surface area contributed by atoms with Crippen LogP contribution >= 0.6 is 11.6 Å². The van der Waals surface area contributed by atoms with Crippen molar-refractivity contribution in [1.82, 2.24) is 5.06 Å². The van der Waals surface area contributed by atoms with Crippen molar-refractivity contribution >= 4 is 23.4 Å². The Morgan fingerprint density at radius 2 is 2.00 bits per heavy atom. The Bertz CT molecular complexity index is 407. The van der Waals surface area contributed by atoms with Gasteiger partial charge in [0.25, 0.3) is 11.8 Å². The lowest BCUT2D eigenvalue weighted by Crippen LogP contribution is -2.30. The van der Waals surface area contributed by atoms with Crippen LogP contribution in [0.3, 0.4) is 0 Å². The van der Waals surface area contributed by atoms with Crippen molar-refractivity contribution in [2.75, 3.05) is 0 Å². The minimum absolute atomic E-state index is 0.00911. The van der Waals surface area contributed by atoms with Gasteiger partial charge in [-0.05, 0) is 5.56 Å². The maximum atomic E-state index is 11.4. The van der Waals surface area contributed by atoms with Gasteiger partial charge in [0.2, 0.25) is 0 Å². The van der Waals surface area contributed by atoms with Gasteiger partial charge < -0.3 is 0 Å². The smallest absolute Gasteiger partial charge is 0.272 e. The fourth-order valence-corrected chi connectivity index (χ4v) is 1.64. The molecule has 1 atom stereocenters. The summed E-state index contributed by atoms with van der Waals surface area (Å²) in [6.45, 7) is 0.182. The topological polar surface area (TPSA) is 46.6 Å². The van der Waals surface area contributed by atoms with Crippen LogP contribution in [0.5, 0.6) is 0 Å². The van der Waals surface area contributed by atoms with E-state index >= 15 is 0 Å². The Hall–Kier alpha value is -1.39. The summed E-state index contributed by atoms with van der Waals surface area (Å²) in [5.74, 6) is -0.872. The molecule has 4 nitrogen and oxygen atoms in total. The van der Waals surface area contributed by atoms with E-state index in [1.807, 2.05) is 30.3 Å². The first-order valence-corrected chi connectivity index (χ1v) is 5.30. The Morgan fingerprint density at radius 1 is 1.31 bits per heavy atom. The number of benzene rings is 1. The molecule has 0 radical (unpaired) electrons. The highest BCUT2D eigenvalue weighted by atomic mass is 35.5. The summed E-state index contributed by atoms with van der Waals surface area (Å²) in [5, 5.41) is -0.0340. The average Bonchev–Trinajstić information content (AvgIpc) is 2.53. The van der Waals surface area contributed by atoms with Gasteiger partial charge in [-0.3, -0.25) is 14.4 Å². The van der Waals surface area contributed by atoms with Gasteiger partial charge in [0.15, 0.2) is 0 Å². The van der Waals surface area contributed by atoms with Gasteiger partial charge in [0, 0.05) is 0 Å². The maximum Gasteiger partial charge on any atom is 0.272 e. The van der Waals surface area contributed by atoms with E-state index in [1.54, 1.807) is 0 Å². The van der Waals surface area contributed by atoms with Gasteiger partial charge in [-0.2, -0.15) is 5.06 Å². The number of halogens is 1. The van der Waals surface area contributed by atoms with Gasteiger partial charge in [-0.25, -0.2) is 0 Å². The zero-order chi connectivity index (χ0) is 11.5. The third-order valence-electron chi connectivity index (χ3n) is 2.25. The largest absolute Gasteiger partial charge is 0.272 e. The molecule has 1 saturated heterocycles. The van der Waals surface area contributed by atoms with Crippen LogP contribution in [0.15, 0.2) is 30.3 Å². The molecule has 1 aromatic carbocycles. The first-order valence-electron chi connectivity index (χ1n) is 4.86. The first-order chi connectivity index (χ1) is 7.68. The summed E-state index contributed by atoms with van der Waals surface area (Å²) < 4.78 is 0. The highest BCUT2D eigenvalue weighted by molar-refractivity contribution is 6.35. The summed E-state index contributed by atoms with van der Waals surface area (Å²) in [6, 6.07) is 9.30. The molecule has 1 aliphatic rings. The van der Waals surface area contributed by atoms with Crippen molar-refractivity contribution in [3.05, 3.63) is 35.9 Å². The third-order valence-corrected chi connectivity index (χ3v) is 2.59. The van der Waals surface area contributed by atoms with Gasteiger partial charge >= 0.3 is 0 Å². The number of carbonyl (C=O) groups is 2. The van der Waals surface area contributed by atoms with Crippen molar-refractivity contribution in [3.63, 3.8) is 0 Å². The number of nitrogens with zero attached hydrogens (tertiary/aromatic N) is 1. The molecule has 0 aliphatic carbocycles. The molecule has 84 valence electrons. The van der Waals surface area contributed by atoms with Crippen LogP contribution in [0, 0.1) is 0 Å². The van der Waals surface area contributed by atoms with E-state index in [4.69, 9.17) is 16.4 Å². The van der Waals surface area contributed by atoms with Crippen LogP contribution in [0.4, 0.5) is 0 Å². The molecule has 1 aliphatic heterocycles. The normalized spacial score (nSPS) is 20.6. The molecule has 0 aromatic heterocycles. The average molecular weight is 240 g/mol. The van der Waals surface area contributed by atoms with E-state index < -0.39 is 11.3 Å². The molecule has 1 fully saturated rings. The van der Waals surface area contributed by atoms with Crippen molar-refractivity contribution < 1.29 is 14.4 Å². The number of hydroxylamine groups is 2. The number of rotatable bonds is 3. The fraction of sp³-hybridized carbons (Fsp3) is 0.273. The Balaban J connectivity index is 1.96. The van der Waals surface area contributed by atoms with Crippen molar-refractivity contribution in [2.45, 2.75) is 18.4 Å². The zero-order valence-electron chi connectivity index (χ0n) is 8.43. The summed E-state index contributed by atoms with van der Waals surface area (Å²) >= 11 is 5.64. The van der Waals surface area contributed by atoms with E-state index in [1.165, 1.54) is 0 Å². The monoisotopic (exact) mass is 239 g/mol. The molecule has 2 rings (SSSR count). The van der Waals surface area contributed by atoms with E-state index in [-0.39, 0.29) is 18.9 Å². The van der Waals surface area contributed by atoms with Gasteiger partial charge in [0.1, 0.15) is 12.0 Å². The van der Waals surface area contributed by atoms with Gasteiger partial charge in [-0.1, -0.05) is 30.3 Å². The van der Waals surface area contributed by atoms with E-state index in [9.17, 15) is 9.59 Å². The number of carbonyl (C=O) groups excluding carboxylic acids is 2. The predicted octanol–water partition coefficient (Wildman–Crippen LogP) is 1.48. The second-order valence-corrected chi connectivity index (χ2v) is 3.98. The SMILES string of the molecule is O=C1CC(Cl)C(=O)N1OCc1ccccc1. The summed E-state index contributed by atoms with van der Waals surface area (Å²) in [4.78, 5) is 27.8. The lowest BCUT2D eigenvalue weighted by Gasteiger charge is -2.13. The van der Waals surface area contributed by atoms with Crippen LogP contribution in [-0.2, 0) is 21.0 Å². The highest BCUT2D eigenvalue weighted by Gasteiger charge is 2.38. The van der Waals surface area contributed by atoms with Gasteiger partial charge in [0.05, 0.1) is 6.42 Å². The molecule has 1 aromatic rings. The van der Waals surface area contributed by atoms with Crippen LogP contribution in [-0.4, -0.2) is 22.3 Å². The number of alkyl halides is 1. The Kier molecular flexibility index (Phi) is 3.22. The molecule has 0 saturated carbocycles. The Morgan fingerprint density at radius 3 is 2.56 bits per heavy atom. The molecule has 2 amide bonds. The molecule has 0 N–H and O–H groups in total. The van der Waals surface area contributed by atoms with Crippen molar-refractivity contribution in [3.8, 4) is 0 Å². The predicted molar refractivity (Wildman–Crippen MR) is 57.3 cm³/mol. The quantitative estimate of drug-likeness (QED) is 0.593. The molecule has 0 bridgehead atoms. The van der Waals surface area contributed by atoms with Crippen LogP contribution in [0.1, 0.15) is 12.0 Å². The molecular formula is C11H10ClNO3. The number of imide groups is 1. The van der Waals surface area contributed by atoms with Gasteiger partial charge in [-0.15, -0.1) is 11.6 Å². The lowest BCUT2D eigenvalue weighted by atomic mass is 10.2. The molecule has 1 unspecified atom stereocenters. The Labute approximate surface area is 97.7 Å². The first kappa shape index (κ1) is 11.1. The second kappa shape index (κ2) is 4.63. The second-order valence-electron chi connectivity index (χ2n) is 3.46. The standard InChI is InChI=1S/C11H10ClNO3/c12-9-6-10(14)13(11(9)15)16-7-8-4-2-1-3-5-8/h1-5,9H,6-7H2. The maximum absolute atomic E-state index is 11.4. The van der Waals surface area contributed by atoms with Crippen LogP contribution in [0.2, 0.25) is 0 Å². The van der Waals surface area contributed by atoms with Crippen molar-refractivity contribution in [2.24, 2.45) is 0 Å². The number of hydrogen-bond acceptors (Lipinski definition) is 3. The summed E-state index contributed by atoms with van der Waals surface area (Å²) in [6.07, 6.45) is 0.00911. The summed E-state index contributed by atoms with van der Waals surface area (Å²) in [7, 11) is 0. The summed E-state index contributed by atoms with van der Waals surface area (Å²) in [5.41, 5.74) is 0.890. The number of hydrogen-bond donors (Lipinski definition) is 0. The fourth-order valence-electron chi connectivity index (χ4n) is 1.42. The highest BCUT2D eigenvalue weighted by Crippen LogP contribution is 2.19. The van der Waals surface area contributed by atoms with Crippen molar-refractivity contribution in [1.29, 1.82) is 0 Å². The minimum Gasteiger partial charge on any atom is -0.272 e. The van der Waals surface area contributed by atoms with Crippen LogP contribution < -0.4 is 0 Å². The van der Waals surface area contributed by atoms with E-state index in [0.29, 0.717) is 0 Å². The third kappa shape index (κ3) is 2.23. The van der Waals surface area contributed by atoms with E-state index in [0.717, 1.165) is 10.6 Å². The molecule has 5 heteroatoms. The van der Waals surface area contributed by atoms with Crippen LogP contribution in [0.25, 0.3) is 0 Å². The number of amides is 2. The minimum atomic E-state index is -0.789. The van der Waals surface area contributed by atoms with E-state index in [2.05, 4.69) is 0 Å². The molecule has 0 spiro atoms. The lowest BCUT2D eigenvalue weighted by molar-refractivity contribution is -0.191. The molecule has 1 heterocycles. The zero-order valence-corrected chi connectivity index (χ0v) is 9.18.